The van der Waals surface area contributed by atoms with Crippen molar-refractivity contribution < 1.29 is 23.8 Å². The Morgan fingerprint density at radius 1 is 1.18 bits per heavy atom. The van der Waals surface area contributed by atoms with Gasteiger partial charge in [-0.05, 0) is 51.5 Å². The standard InChI is InChI=1S/C20H21N3O5/c1-11-5-13(17-21-8-14(9-22-17)18(24)25)6-12-7-15(27-16(11)12)10-23-19(26)28-20(2,3)4/h5-9H,10H2,1-4H3,(H,23,26)(H,24,25). The van der Waals surface area contributed by atoms with Crippen LogP contribution < -0.4 is 5.32 Å². The van der Waals surface area contributed by atoms with Crippen molar-refractivity contribution in [3.8, 4) is 11.4 Å². The number of carboxylic acid groups (broad SMARTS) is 1. The van der Waals surface area contributed by atoms with E-state index in [9.17, 15) is 9.59 Å². The summed E-state index contributed by atoms with van der Waals surface area (Å²) in [5, 5.41) is 12.5. The van der Waals surface area contributed by atoms with Gasteiger partial charge in [-0.15, -0.1) is 0 Å². The van der Waals surface area contributed by atoms with Crippen LogP contribution in [-0.2, 0) is 11.3 Å². The van der Waals surface area contributed by atoms with Crippen LogP contribution in [0.5, 0.6) is 0 Å². The maximum Gasteiger partial charge on any atom is 0.408 e. The minimum absolute atomic E-state index is 0.0281. The molecule has 0 aliphatic heterocycles. The first kappa shape index (κ1) is 19.3. The summed E-state index contributed by atoms with van der Waals surface area (Å²) in [6.45, 7) is 7.48. The lowest BCUT2D eigenvalue weighted by atomic mass is 10.1. The van der Waals surface area contributed by atoms with Crippen molar-refractivity contribution in [2.24, 2.45) is 0 Å². The first-order chi connectivity index (χ1) is 13.1. The number of rotatable bonds is 4. The van der Waals surface area contributed by atoms with Gasteiger partial charge in [-0.25, -0.2) is 19.6 Å². The number of carbonyl (C=O) groups excluding carboxylic acids is 1. The van der Waals surface area contributed by atoms with E-state index in [1.807, 2.05) is 25.1 Å². The van der Waals surface area contributed by atoms with Gasteiger partial charge in [-0.3, -0.25) is 0 Å². The largest absolute Gasteiger partial charge is 0.478 e. The molecule has 0 saturated heterocycles. The van der Waals surface area contributed by atoms with Crippen LogP contribution in [0, 0.1) is 6.92 Å². The number of carboxylic acids is 1. The molecule has 0 saturated carbocycles. The van der Waals surface area contributed by atoms with Gasteiger partial charge in [0.05, 0.1) is 12.1 Å². The Kier molecular flexibility index (Phi) is 5.04. The van der Waals surface area contributed by atoms with Crippen molar-refractivity contribution in [1.29, 1.82) is 0 Å². The van der Waals surface area contributed by atoms with Gasteiger partial charge in [0.25, 0.3) is 0 Å². The summed E-state index contributed by atoms with van der Waals surface area (Å²) < 4.78 is 11.0. The van der Waals surface area contributed by atoms with Crippen LogP contribution in [0.1, 0.15) is 42.5 Å². The molecule has 2 heterocycles. The molecule has 3 rings (SSSR count). The lowest BCUT2D eigenvalue weighted by molar-refractivity contribution is 0.0519. The number of amides is 1. The average Bonchev–Trinajstić information content (AvgIpc) is 3.02. The molecule has 0 fully saturated rings. The first-order valence-electron chi connectivity index (χ1n) is 8.68. The summed E-state index contributed by atoms with van der Waals surface area (Å²) in [7, 11) is 0. The Morgan fingerprint density at radius 2 is 1.86 bits per heavy atom. The van der Waals surface area contributed by atoms with Crippen LogP contribution in [0.3, 0.4) is 0 Å². The van der Waals surface area contributed by atoms with Gasteiger partial charge < -0.3 is 19.6 Å². The molecule has 0 aliphatic carbocycles. The molecule has 0 unspecified atom stereocenters. The molecule has 2 aromatic heterocycles. The lowest BCUT2D eigenvalue weighted by Crippen LogP contribution is -2.32. The molecule has 1 aromatic carbocycles. The number of furan rings is 1. The van der Waals surface area contributed by atoms with E-state index in [1.165, 1.54) is 12.4 Å². The Hall–Kier alpha value is -3.42. The summed E-state index contributed by atoms with van der Waals surface area (Å²) in [4.78, 5) is 31.0. The molecule has 8 nitrogen and oxygen atoms in total. The normalized spacial score (nSPS) is 11.4. The van der Waals surface area contributed by atoms with E-state index < -0.39 is 17.7 Å². The molecular formula is C20H21N3O5. The van der Waals surface area contributed by atoms with E-state index in [0.29, 0.717) is 17.2 Å². The third kappa shape index (κ3) is 4.46. The van der Waals surface area contributed by atoms with Gasteiger partial charge in [-0.2, -0.15) is 0 Å². The van der Waals surface area contributed by atoms with E-state index >= 15 is 0 Å². The number of aromatic carboxylic acids is 1. The summed E-state index contributed by atoms with van der Waals surface area (Å²) in [6, 6.07) is 5.56. The van der Waals surface area contributed by atoms with E-state index in [0.717, 1.165) is 16.5 Å². The fraction of sp³-hybridized carbons (Fsp3) is 0.300. The molecule has 0 bridgehead atoms. The number of ether oxygens (including phenoxy) is 1. The fourth-order valence-corrected chi connectivity index (χ4v) is 2.66. The number of aryl methyl sites for hydroxylation is 1. The second-order valence-corrected chi connectivity index (χ2v) is 7.38. The van der Waals surface area contributed by atoms with Crippen molar-refractivity contribution in [1.82, 2.24) is 15.3 Å². The number of nitrogens with zero attached hydrogens (tertiary/aromatic N) is 2. The zero-order valence-electron chi connectivity index (χ0n) is 16.1. The predicted octanol–water partition coefficient (Wildman–Crippen LogP) is 3.92. The van der Waals surface area contributed by atoms with Crippen LogP contribution >= 0.6 is 0 Å². The van der Waals surface area contributed by atoms with Crippen molar-refractivity contribution in [3.63, 3.8) is 0 Å². The SMILES string of the molecule is Cc1cc(-c2ncc(C(=O)O)cn2)cc2cc(CNC(=O)OC(C)(C)C)oc12. The number of alkyl carbamates (subject to hydrolysis) is 1. The second kappa shape index (κ2) is 7.30. The van der Waals surface area contributed by atoms with E-state index in [4.69, 9.17) is 14.3 Å². The second-order valence-electron chi connectivity index (χ2n) is 7.38. The molecule has 0 aliphatic rings. The molecule has 28 heavy (non-hydrogen) atoms. The van der Waals surface area contributed by atoms with Crippen molar-refractivity contribution in [2.45, 2.75) is 39.8 Å². The number of carbonyl (C=O) groups is 2. The number of nitrogens with one attached hydrogen (secondary N) is 1. The highest BCUT2D eigenvalue weighted by Gasteiger charge is 2.17. The van der Waals surface area contributed by atoms with Crippen LogP contribution in [0.15, 0.2) is 35.0 Å². The van der Waals surface area contributed by atoms with Gasteiger partial charge >= 0.3 is 12.1 Å². The number of aromatic nitrogens is 2. The molecule has 0 radical (unpaired) electrons. The van der Waals surface area contributed by atoms with Crippen molar-refractivity contribution in [2.75, 3.05) is 0 Å². The van der Waals surface area contributed by atoms with E-state index in [2.05, 4.69) is 15.3 Å². The zero-order chi connectivity index (χ0) is 20.5. The van der Waals surface area contributed by atoms with Crippen LogP contribution in [-0.4, -0.2) is 32.7 Å². The third-order valence-corrected chi connectivity index (χ3v) is 3.82. The van der Waals surface area contributed by atoms with Crippen molar-refractivity contribution >= 4 is 23.0 Å². The number of benzene rings is 1. The monoisotopic (exact) mass is 383 g/mol. The molecule has 0 atom stereocenters. The van der Waals surface area contributed by atoms with Crippen LogP contribution in [0.2, 0.25) is 0 Å². The summed E-state index contributed by atoms with van der Waals surface area (Å²) in [6.07, 6.45) is 2.03. The fourth-order valence-electron chi connectivity index (χ4n) is 2.66. The Bertz CT molecular complexity index is 1030. The third-order valence-electron chi connectivity index (χ3n) is 3.82. The molecular weight excluding hydrogens is 362 g/mol. The first-order valence-corrected chi connectivity index (χ1v) is 8.68. The van der Waals surface area contributed by atoms with Gasteiger partial charge in [0, 0.05) is 23.3 Å². The lowest BCUT2D eigenvalue weighted by Gasteiger charge is -2.19. The molecule has 8 heteroatoms. The highest BCUT2D eigenvalue weighted by atomic mass is 16.6. The molecule has 0 spiro atoms. The maximum atomic E-state index is 11.8. The predicted molar refractivity (Wildman–Crippen MR) is 102 cm³/mol. The average molecular weight is 383 g/mol. The van der Waals surface area contributed by atoms with Crippen LogP contribution in [0.25, 0.3) is 22.4 Å². The quantitative estimate of drug-likeness (QED) is 0.701. The van der Waals surface area contributed by atoms with Gasteiger partial charge in [0.2, 0.25) is 0 Å². The number of hydrogen-bond acceptors (Lipinski definition) is 6. The Morgan fingerprint density at radius 3 is 2.46 bits per heavy atom. The topological polar surface area (TPSA) is 115 Å². The number of fused-ring (bicyclic) bond motifs is 1. The summed E-state index contributed by atoms with van der Waals surface area (Å²) in [5.41, 5.74) is 1.78. The summed E-state index contributed by atoms with van der Waals surface area (Å²) >= 11 is 0. The highest BCUT2D eigenvalue weighted by molar-refractivity contribution is 5.88. The molecule has 1 amide bonds. The zero-order valence-corrected chi connectivity index (χ0v) is 16.1. The Balaban J connectivity index is 1.81. The van der Waals surface area contributed by atoms with Crippen molar-refractivity contribution in [3.05, 3.63) is 47.5 Å². The smallest absolute Gasteiger partial charge is 0.408 e. The van der Waals surface area contributed by atoms with E-state index in [1.54, 1.807) is 20.8 Å². The van der Waals surface area contributed by atoms with E-state index in [-0.39, 0.29) is 12.1 Å². The Labute approximate surface area is 161 Å². The maximum absolute atomic E-state index is 11.8. The number of hydrogen-bond donors (Lipinski definition) is 2. The van der Waals surface area contributed by atoms with Gasteiger partial charge in [0.1, 0.15) is 16.9 Å². The summed E-state index contributed by atoms with van der Waals surface area (Å²) in [5.74, 6) is -0.0666. The van der Waals surface area contributed by atoms with Crippen LogP contribution in [0.4, 0.5) is 4.79 Å². The minimum Gasteiger partial charge on any atom is -0.478 e. The molecule has 146 valence electrons. The highest BCUT2D eigenvalue weighted by Crippen LogP contribution is 2.28. The van der Waals surface area contributed by atoms with Gasteiger partial charge in [0.15, 0.2) is 5.82 Å². The molecule has 2 N–H and O–H groups in total. The minimum atomic E-state index is -1.07. The molecule has 3 aromatic rings. The van der Waals surface area contributed by atoms with Gasteiger partial charge in [-0.1, -0.05) is 0 Å².